The van der Waals surface area contributed by atoms with E-state index in [1.165, 1.54) is 12.1 Å². The van der Waals surface area contributed by atoms with E-state index < -0.39 is 15.8 Å². The number of nitrogens with zero attached hydrogens (tertiary/aromatic N) is 1. The second-order valence-electron chi connectivity index (χ2n) is 7.06. The lowest BCUT2D eigenvalue weighted by Gasteiger charge is -2.47. The Labute approximate surface area is 131 Å². The molecular weight excluding hydrogens is 307 g/mol. The second kappa shape index (κ2) is 5.56. The van der Waals surface area contributed by atoms with Crippen LogP contribution >= 0.6 is 0 Å². The summed E-state index contributed by atoms with van der Waals surface area (Å²) in [6.45, 7) is 9.75. The number of ether oxygens (including phenoxy) is 1. The third-order valence-corrected chi connectivity index (χ3v) is 4.42. The van der Waals surface area contributed by atoms with E-state index in [1.54, 1.807) is 0 Å². The Morgan fingerprint density at radius 3 is 2.23 bits per heavy atom. The van der Waals surface area contributed by atoms with Gasteiger partial charge in [0.1, 0.15) is 5.82 Å². The summed E-state index contributed by atoms with van der Waals surface area (Å²) in [4.78, 5) is 1.90. The normalized spacial score (nSPS) is 21.7. The highest BCUT2D eigenvalue weighted by Gasteiger charge is 2.38. The van der Waals surface area contributed by atoms with Gasteiger partial charge < -0.3 is 4.74 Å². The van der Waals surface area contributed by atoms with E-state index in [4.69, 9.17) is 9.88 Å². The molecule has 0 spiro atoms. The van der Waals surface area contributed by atoms with Gasteiger partial charge in [0.15, 0.2) is 0 Å². The molecule has 1 aromatic carbocycles. The van der Waals surface area contributed by atoms with Gasteiger partial charge in [-0.2, -0.15) is 0 Å². The van der Waals surface area contributed by atoms with Gasteiger partial charge in [-0.05, 0) is 39.8 Å². The molecule has 0 aromatic heterocycles. The minimum absolute atomic E-state index is 0.212. The van der Waals surface area contributed by atoms with Crippen LogP contribution in [0.15, 0.2) is 23.1 Å². The molecule has 1 aromatic rings. The second-order valence-corrected chi connectivity index (χ2v) is 8.63. The Kier molecular flexibility index (Phi) is 4.38. The maximum atomic E-state index is 14.1. The summed E-state index contributed by atoms with van der Waals surface area (Å²) in [5, 5.41) is 5.01. The van der Waals surface area contributed by atoms with Crippen molar-refractivity contribution >= 4 is 10.0 Å². The Morgan fingerprint density at radius 2 is 1.77 bits per heavy atom. The average Bonchev–Trinajstić information content (AvgIpc) is 2.26. The van der Waals surface area contributed by atoms with E-state index in [0.717, 1.165) is 6.07 Å². The Hall–Kier alpha value is -1.02. The van der Waals surface area contributed by atoms with Gasteiger partial charge in [0.05, 0.1) is 16.1 Å². The fourth-order valence-corrected chi connectivity index (χ4v) is 3.66. The van der Waals surface area contributed by atoms with Crippen molar-refractivity contribution in [2.75, 3.05) is 13.1 Å². The first kappa shape index (κ1) is 17.3. The molecule has 1 heterocycles. The molecule has 7 heteroatoms. The van der Waals surface area contributed by atoms with Crippen LogP contribution in [0.5, 0.6) is 0 Å². The number of hydrogen-bond acceptors (Lipinski definition) is 4. The number of benzene rings is 1. The molecule has 2 N–H and O–H groups in total. The summed E-state index contributed by atoms with van der Waals surface area (Å²) in [5.41, 5.74) is -0.196. The van der Waals surface area contributed by atoms with E-state index >= 15 is 0 Å². The largest absolute Gasteiger partial charge is 0.367 e. The molecule has 0 radical (unpaired) electrons. The van der Waals surface area contributed by atoms with E-state index in [9.17, 15) is 12.8 Å². The molecule has 0 aliphatic carbocycles. The summed E-state index contributed by atoms with van der Waals surface area (Å²) >= 11 is 0. The van der Waals surface area contributed by atoms with Crippen molar-refractivity contribution in [2.24, 2.45) is 5.14 Å². The van der Waals surface area contributed by atoms with Crippen molar-refractivity contribution in [1.29, 1.82) is 0 Å². The Bertz CT molecular complexity index is 655. The van der Waals surface area contributed by atoms with Gasteiger partial charge in [-0.25, -0.2) is 17.9 Å². The highest BCUT2D eigenvalue weighted by Crippen LogP contribution is 2.29. The van der Waals surface area contributed by atoms with Crippen LogP contribution in [0.25, 0.3) is 0 Å². The zero-order valence-corrected chi connectivity index (χ0v) is 14.2. The van der Waals surface area contributed by atoms with Crippen LogP contribution < -0.4 is 5.14 Å². The summed E-state index contributed by atoms with van der Waals surface area (Å²) in [5.74, 6) is -0.561. The lowest BCUT2D eigenvalue weighted by Crippen LogP contribution is -2.56. The fourth-order valence-electron chi connectivity index (χ4n) is 3.13. The molecule has 124 valence electrons. The van der Waals surface area contributed by atoms with Crippen molar-refractivity contribution in [3.8, 4) is 0 Å². The molecule has 5 nitrogen and oxygen atoms in total. The first-order valence-corrected chi connectivity index (χ1v) is 8.66. The first-order valence-electron chi connectivity index (χ1n) is 7.12. The van der Waals surface area contributed by atoms with Crippen molar-refractivity contribution in [3.05, 3.63) is 29.6 Å². The number of halogens is 1. The van der Waals surface area contributed by atoms with Crippen LogP contribution in [-0.2, 0) is 21.3 Å². The third kappa shape index (κ3) is 4.25. The smallest absolute Gasteiger partial charge is 0.238 e. The SMILES string of the molecule is CC1(C)CN(Cc2ccc(S(N)(=O)=O)cc2F)CC(C)(C)O1. The summed E-state index contributed by atoms with van der Waals surface area (Å²) in [7, 11) is -3.89. The van der Waals surface area contributed by atoms with E-state index in [0.29, 0.717) is 25.2 Å². The average molecular weight is 330 g/mol. The molecule has 0 atom stereocenters. The predicted octanol–water partition coefficient (Wildman–Crippen LogP) is 1.86. The number of primary sulfonamides is 1. The highest BCUT2D eigenvalue weighted by molar-refractivity contribution is 7.89. The minimum atomic E-state index is -3.89. The molecule has 0 saturated carbocycles. The summed E-state index contributed by atoms with van der Waals surface area (Å²) < 4.78 is 42.6. The molecule has 0 amide bonds. The number of nitrogens with two attached hydrogens (primary N) is 1. The van der Waals surface area contributed by atoms with Crippen LogP contribution in [0.2, 0.25) is 0 Å². The first-order chi connectivity index (χ1) is 9.88. The maximum Gasteiger partial charge on any atom is 0.238 e. The molecule has 1 fully saturated rings. The van der Waals surface area contributed by atoms with Gasteiger partial charge in [-0.3, -0.25) is 4.90 Å². The van der Waals surface area contributed by atoms with Crippen molar-refractivity contribution in [3.63, 3.8) is 0 Å². The Morgan fingerprint density at radius 1 is 1.23 bits per heavy atom. The zero-order valence-electron chi connectivity index (χ0n) is 13.4. The van der Waals surface area contributed by atoms with Gasteiger partial charge in [-0.1, -0.05) is 6.07 Å². The quantitative estimate of drug-likeness (QED) is 0.918. The van der Waals surface area contributed by atoms with Crippen LogP contribution in [0, 0.1) is 5.82 Å². The summed E-state index contributed by atoms with van der Waals surface area (Å²) in [6.07, 6.45) is 0. The third-order valence-electron chi connectivity index (χ3n) is 3.51. The van der Waals surface area contributed by atoms with Crippen LogP contribution in [-0.4, -0.2) is 37.6 Å². The Balaban J connectivity index is 2.20. The highest BCUT2D eigenvalue weighted by atomic mass is 32.2. The van der Waals surface area contributed by atoms with E-state index in [-0.39, 0.29) is 16.1 Å². The molecular formula is C15H23FN2O3S. The lowest BCUT2D eigenvalue weighted by atomic mass is 9.98. The van der Waals surface area contributed by atoms with Gasteiger partial charge in [-0.15, -0.1) is 0 Å². The minimum Gasteiger partial charge on any atom is -0.367 e. The number of rotatable bonds is 3. The van der Waals surface area contributed by atoms with Crippen LogP contribution in [0.4, 0.5) is 4.39 Å². The number of sulfonamides is 1. The van der Waals surface area contributed by atoms with Gasteiger partial charge in [0.25, 0.3) is 0 Å². The van der Waals surface area contributed by atoms with Gasteiger partial charge >= 0.3 is 0 Å². The maximum absolute atomic E-state index is 14.1. The van der Waals surface area contributed by atoms with Crippen molar-refractivity contribution in [2.45, 2.75) is 50.3 Å². The van der Waals surface area contributed by atoms with Crippen LogP contribution in [0.1, 0.15) is 33.3 Å². The molecule has 2 rings (SSSR count). The van der Waals surface area contributed by atoms with Crippen molar-refractivity contribution < 1.29 is 17.5 Å². The van der Waals surface area contributed by atoms with Gasteiger partial charge in [0, 0.05) is 25.2 Å². The molecule has 0 unspecified atom stereocenters. The molecule has 1 aliphatic heterocycles. The molecule has 1 aliphatic rings. The standard InChI is InChI=1S/C15H23FN2O3S/c1-14(2)9-18(10-15(3,4)21-14)8-11-5-6-12(7-13(11)16)22(17,19)20/h5-7H,8-10H2,1-4H3,(H2,17,19,20). The molecule has 1 saturated heterocycles. The number of morpholine rings is 1. The van der Waals surface area contributed by atoms with Crippen LogP contribution in [0.3, 0.4) is 0 Å². The van der Waals surface area contributed by atoms with E-state index in [1.807, 2.05) is 27.7 Å². The zero-order chi connectivity index (χ0) is 16.8. The van der Waals surface area contributed by atoms with Crippen molar-refractivity contribution in [1.82, 2.24) is 4.90 Å². The van der Waals surface area contributed by atoms with E-state index in [2.05, 4.69) is 4.90 Å². The monoisotopic (exact) mass is 330 g/mol. The topological polar surface area (TPSA) is 72.6 Å². The molecule has 22 heavy (non-hydrogen) atoms. The lowest BCUT2D eigenvalue weighted by molar-refractivity contribution is -0.182. The molecule has 0 bridgehead atoms. The van der Waals surface area contributed by atoms with Gasteiger partial charge in [0.2, 0.25) is 10.0 Å². The predicted molar refractivity (Wildman–Crippen MR) is 82.3 cm³/mol. The summed E-state index contributed by atoms with van der Waals surface area (Å²) in [6, 6.07) is 3.79. The number of hydrogen-bond donors (Lipinski definition) is 1. The fraction of sp³-hybridized carbons (Fsp3) is 0.600.